The first kappa shape index (κ1) is 22.2. The minimum Gasteiger partial charge on any atom is -0.351 e. The van der Waals surface area contributed by atoms with Crippen molar-refractivity contribution in [2.24, 2.45) is 0 Å². The third-order valence-electron chi connectivity index (χ3n) is 5.90. The predicted octanol–water partition coefficient (Wildman–Crippen LogP) is 5.72. The number of rotatable bonds is 7. The smallest absolute Gasteiger partial charge is 0.265 e. The number of carbonyl (C=O) groups is 2. The first-order valence-corrected chi connectivity index (χ1v) is 11.9. The summed E-state index contributed by atoms with van der Waals surface area (Å²) in [4.78, 5) is 29.2. The molecule has 1 atom stereocenters. The van der Waals surface area contributed by atoms with E-state index in [0.717, 1.165) is 31.2 Å². The molecule has 1 fully saturated rings. The Morgan fingerprint density at radius 3 is 2.38 bits per heavy atom. The van der Waals surface area contributed by atoms with Crippen molar-refractivity contribution in [3.05, 3.63) is 93.9 Å². The molecule has 1 saturated carbocycles. The van der Waals surface area contributed by atoms with Gasteiger partial charge in [0.05, 0.1) is 4.88 Å². The van der Waals surface area contributed by atoms with E-state index in [4.69, 9.17) is 0 Å². The molecule has 0 spiro atoms. The lowest BCUT2D eigenvalue weighted by Crippen LogP contribution is -2.47. The SMILES string of the molecule is O=C(NC1CCCCC1)C(c1ccccc1F)N(Cc1ccccc1)C(=O)c1cccs1. The van der Waals surface area contributed by atoms with Crippen LogP contribution in [0.1, 0.15) is 58.9 Å². The Morgan fingerprint density at radius 2 is 1.69 bits per heavy atom. The zero-order chi connectivity index (χ0) is 22.3. The lowest BCUT2D eigenvalue weighted by molar-refractivity contribution is -0.127. The maximum absolute atomic E-state index is 15.0. The van der Waals surface area contributed by atoms with Crippen molar-refractivity contribution < 1.29 is 14.0 Å². The third-order valence-corrected chi connectivity index (χ3v) is 6.76. The summed E-state index contributed by atoms with van der Waals surface area (Å²) in [6.45, 7) is 0.203. The minimum atomic E-state index is -1.06. The van der Waals surface area contributed by atoms with Gasteiger partial charge in [0, 0.05) is 18.2 Å². The average Bonchev–Trinajstić information content (AvgIpc) is 3.36. The molecule has 1 aliphatic carbocycles. The highest BCUT2D eigenvalue weighted by Gasteiger charge is 2.35. The first-order chi connectivity index (χ1) is 15.6. The molecule has 166 valence electrons. The zero-order valence-corrected chi connectivity index (χ0v) is 18.7. The van der Waals surface area contributed by atoms with Gasteiger partial charge in [-0.3, -0.25) is 9.59 Å². The summed E-state index contributed by atoms with van der Waals surface area (Å²) in [5.41, 5.74) is 1.09. The molecule has 0 saturated heterocycles. The molecule has 6 heteroatoms. The van der Waals surface area contributed by atoms with Crippen LogP contribution in [0.3, 0.4) is 0 Å². The van der Waals surface area contributed by atoms with Crippen LogP contribution in [0, 0.1) is 5.82 Å². The van der Waals surface area contributed by atoms with E-state index in [0.29, 0.717) is 4.88 Å². The van der Waals surface area contributed by atoms with Crippen molar-refractivity contribution in [3.63, 3.8) is 0 Å². The van der Waals surface area contributed by atoms with Gasteiger partial charge in [0.25, 0.3) is 5.91 Å². The fourth-order valence-electron chi connectivity index (χ4n) is 4.28. The first-order valence-electron chi connectivity index (χ1n) is 11.1. The molecule has 1 unspecified atom stereocenters. The number of benzene rings is 2. The fraction of sp³-hybridized carbons (Fsp3) is 0.308. The molecule has 2 amide bonds. The summed E-state index contributed by atoms with van der Waals surface area (Å²) >= 11 is 1.32. The Hall–Kier alpha value is -2.99. The second-order valence-electron chi connectivity index (χ2n) is 8.16. The summed E-state index contributed by atoms with van der Waals surface area (Å²) in [5, 5.41) is 4.94. The number of nitrogens with one attached hydrogen (secondary N) is 1. The Morgan fingerprint density at radius 1 is 0.969 bits per heavy atom. The average molecular weight is 451 g/mol. The van der Waals surface area contributed by atoms with Crippen molar-refractivity contribution in [1.82, 2.24) is 10.2 Å². The molecule has 0 aliphatic heterocycles. The minimum absolute atomic E-state index is 0.0564. The molecule has 32 heavy (non-hydrogen) atoms. The normalized spacial score (nSPS) is 15.2. The second kappa shape index (κ2) is 10.6. The Labute approximate surface area is 192 Å². The Bertz CT molecular complexity index is 1030. The van der Waals surface area contributed by atoms with E-state index < -0.39 is 11.9 Å². The van der Waals surface area contributed by atoms with Gasteiger partial charge < -0.3 is 10.2 Å². The molecule has 4 rings (SSSR count). The third kappa shape index (κ3) is 5.25. The van der Waals surface area contributed by atoms with Crippen LogP contribution in [-0.2, 0) is 11.3 Å². The summed E-state index contributed by atoms with van der Waals surface area (Å²) in [7, 11) is 0. The molecular formula is C26H27FN2O2S. The Balaban J connectivity index is 1.73. The van der Waals surface area contributed by atoms with Crippen molar-refractivity contribution >= 4 is 23.2 Å². The number of hydrogen-bond donors (Lipinski definition) is 1. The van der Waals surface area contributed by atoms with Crippen molar-refractivity contribution in [3.8, 4) is 0 Å². The number of thiophene rings is 1. The van der Waals surface area contributed by atoms with E-state index in [2.05, 4.69) is 5.32 Å². The highest BCUT2D eigenvalue weighted by molar-refractivity contribution is 7.12. The van der Waals surface area contributed by atoms with E-state index in [1.807, 2.05) is 35.7 Å². The van der Waals surface area contributed by atoms with Gasteiger partial charge in [-0.05, 0) is 35.9 Å². The van der Waals surface area contributed by atoms with Gasteiger partial charge in [-0.25, -0.2) is 4.39 Å². The molecule has 0 radical (unpaired) electrons. The molecule has 1 aromatic heterocycles. The van der Waals surface area contributed by atoms with Crippen LogP contribution < -0.4 is 5.32 Å². The number of halogens is 1. The standard InChI is InChI=1S/C26H27FN2O2S/c27-22-15-8-7-14-21(22)24(25(30)28-20-12-5-2-6-13-20)29(18-19-10-3-1-4-11-19)26(31)23-16-9-17-32-23/h1,3-4,7-11,14-17,20,24H,2,5-6,12-13,18H2,(H,28,30). The zero-order valence-electron chi connectivity index (χ0n) is 17.9. The molecular weight excluding hydrogens is 423 g/mol. The van der Waals surface area contributed by atoms with E-state index in [1.54, 1.807) is 30.3 Å². The van der Waals surface area contributed by atoms with Crippen molar-refractivity contribution in [2.75, 3.05) is 0 Å². The van der Waals surface area contributed by atoms with E-state index in [1.165, 1.54) is 28.7 Å². The van der Waals surface area contributed by atoms with Crippen LogP contribution in [0.5, 0.6) is 0 Å². The van der Waals surface area contributed by atoms with Crippen LogP contribution >= 0.6 is 11.3 Å². The second-order valence-corrected chi connectivity index (χ2v) is 9.11. The molecule has 1 N–H and O–H groups in total. The van der Waals surface area contributed by atoms with Crippen LogP contribution in [0.15, 0.2) is 72.1 Å². The number of hydrogen-bond acceptors (Lipinski definition) is 3. The van der Waals surface area contributed by atoms with Gasteiger partial charge in [-0.1, -0.05) is 73.9 Å². The summed E-state index contributed by atoms with van der Waals surface area (Å²) in [5.74, 6) is -1.10. The molecule has 1 heterocycles. The molecule has 0 bridgehead atoms. The largest absolute Gasteiger partial charge is 0.351 e. The summed E-state index contributed by atoms with van der Waals surface area (Å²) in [6, 6.07) is 18.3. The van der Waals surface area contributed by atoms with Gasteiger partial charge in [0.1, 0.15) is 11.9 Å². The summed E-state index contributed by atoms with van der Waals surface area (Å²) < 4.78 is 15.0. The maximum Gasteiger partial charge on any atom is 0.265 e. The quantitative estimate of drug-likeness (QED) is 0.500. The highest BCUT2D eigenvalue weighted by Crippen LogP contribution is 2.29. The van der Waals surface area contributed by atoms with Gasteiger partial charge in [0.15, 0.2) is 0 Å². The van der Waals surface area contributed by atoms with Gasteiger partial charge >= 0.3 is 0 Å². The van der Waals surface area contributed by atoms with Crippen LogP contribution in [-0.4, -0.2) is 22.8 Å². The van der Waals surface area contributed by atoms with Crippen LogP contribution in [0.4, 0.5) is 4.39 Å². The number of carbonyl (C=O) groups excluding carboxylic acids is 2. The topological polar surface area (TPSA) is 49.4 Å². The van der Waals surface area contributed by atoms with E-state index in [-0.39, 0.29) is 30.0 Å². The lowest BCUT2D eigenvalue weighted by atomic mass is 9.94. The lowest BCUT2D eigenvalue weighted by Gasteiger charge is -2.33. The Kier molecular flexibility index (Phi) is 7.32. The van der Waals surface area contributed by atoms with Crippen molar-refractivity contribution in [2.45, 2.75) is 50.7 Å². The van der Waals surface area contributed by atoms with Gasteiger partial charge in [-0.2, -0.15) is 0 Å². The molecule has 2 aromatic carbocycles. The van der Waals surface area contributed by atoms with E-state index in [9.17, 15) is 14.0 Å². The van der Waals surface area contributed by atoms with Gasteiger partial charge in [0.2, 0.25) is 5.91 Å². The molecule has 3 aromatic rings. The van der Waals surface area contributed by atoms with Crippen LogP contribution in [0.25, 0.3) is 0 Å². The van der Waals surface area contributed by atoms with Gasteiger partial charge in [-0.15, -0.1) is 11.3 Å². The number of amides is 2. The number of nitrogens with zero attached hydrogens (tertiary/aromatic N) is 1. The van der Waals surface area contributed by atoms with Crippen molar-refractivity contribution in [1.29, 1.82) is 0 Å². The predicted molar refractivity (Wildman–Crippen MR) is 125 cm³/mol. The molecule has 1 aliphatic rings. The fourth-order valence-corrected chi connectivity index (χ4v) is 4.96. The molecule has 4 nitrogen and oxygen atoms in total. The van der Waals surface area contributed by atoms with E-state index >= 15 is 0 Å². The highest BCUT2D eigenvalue weighted by atomic mass is 32.1. The van der Waals surface area contributed by atoms with Crippen LogP contribution in [0.2, 0.25) is 0 Å². The summed E-state index contributed by atoms with van der Waals surface area (Å²) in [6.07, 6.45) is 5.12. The maximum atomic E-state index is 15.0. The monoisotopic (exact) mass is 450 g/mol.